The Morgan fingerprint density at radius 1 is 1.31 bits per heavy atom. The van der Waals surface area contributed by atoms with Crippen LogP contribution in [0.2, 0.25) is 0 Å². The Kier molecular flexibility index (Phi) is 4.43. The number of carbonyl (C=O) groups excluding carboxylic acids is 2. The third-order valence-electron chi connectivity index (χ3n) is 1.19. The van der Waals surface area contributed by atoms with Gasteiger partial charge in [-0.1, -0.05) is 13.0 Å². The van der Waals surface area contributed by atoms with Crippen LogP contribution in [0.5, 0.6) is 0 Å². The zero-order chi connectivity index (χ0) is 10.4. The molecule has 5 nitrogen and oxygen atoms in total. The van der Waals surface area contributed by atoms with Gasteiger partial charge in [0.1, 0.15) is 0 Å². The summed E-state index contributed by atoms with van der Waals surface area (Å²) in [6.45, 7) is 3.25. The molecule has 0 aromatic carbocycles. The van der Waals surface area contributed by atoms with Crippen molar-refractivity contribution < 1.29 is 24.2 Å². The van der Waals surface area contributed by atoms with Gasteiger partial charge in [0.2, 0.25) is 0 Å². The van der Waals surface area contributed by atoms with E-state index in [0.717, 1.165) is 0 Å². The molecule has 0 heterocycles. The summed E-state index contributed by atoms with van der Waals surface area (Å²) in [7, 11) is 0. The van der Waals surface area contributed by atoms with Gasteiger partial charge in [0.25, 0.3) is 0 Å². The minimum absolute atomic E-state index is 0.220. The third-order valence-corrected chi connectivity index (χ3v) is 1.19. The summed E-state index contributed by atoms with van der Waals surface area (Å²) in [5.41, 5.74) is 0.220. The maximum absolute atomic E-state index is 10.9. The minimum atomic E-state index is -1.78. The van der Waals surface area contributed by atoms with Crippen LogP contribution in [-0.2, 0) is 19.1 Å². The van der Waals surface area contributed by atoms with Gasteiger partial charge in [-0.2, -0.15) is 0 Å². The molecule has 13 heavy (non-hydrogen) atoms. The lowest BCUT2D eigenvalue weighted by Crippen LogP contribution is -2.20. The Morgan fingerprint density at radius 2 is 1.85 bits per heavy atom. The van der Waals surface area contributed by atoms with Crippen molar-refractivity contribution in [3.05, 3.63) is 11.6 Å². The first-order chi connectivity index (χ1) is 5.99. The van der Waals surface area contributed by atoms with E-state index in [4.69, 9.17) is 5.11 Å². The van der Waals surface area contributed by atoms with E-state index in [1.807, 2.05) is 0 Å². The Balaban J connectivity index is 4.24. The van der Waals surface area contributed by atoms with Crippen molar-refractivity contribution in [2.75, 3.05) is 0 Å². The highest BCUT2D eigenvalue weighted by atomic mass is 16.6. The number of allylic oxidation sites excluding steroid dienone is 1. The van der Waals surface area contributed by atoms with E-state index >= 15 is 0 Å². The van der Waals surface area contributed by atoms with Crippen LogP contribution >= 0.6 is 0 Å². The summed E-state index contributed by atoms with van der Waals surface area (Å²) in [5.74, 6) is -4.26. The predicted molar refractivity (Wildman–Crippen MR) is 42.8 cm³/mol. The Morgan fingerprint density at radius 3 is 2.23 bits per heavy atom. The summed E-state index contributed by atoms with van der Waals surface area (Å²) < 4.78 is 3.98. The Hall–Kier alpha value is -1.65. The molecule has 1 N–H and O–H groups in total. The molecule has 0 amide bonds. The number of aliphatic carboxylic acids is 1. The van der Waals surface area contributed by atoms with Crippen LogP contribution in [0.4, 0.5) is 0 Å². The Labute approximate surface area is 75.0 Å². The molecule has 0 radical (unpaired) electrons. The molecule has 0 atom stereocenters. The maximum atomic E-state index is 10.9. The Bertz CT molecular complexity index is 264. The lowest BCUT2D eigenvalue weighted by Gasteiger charge is -1.98. The van der Waals surface area contributed by atoms with Gasteiger partial charge in [-0.05, 0) is 13.3 Å². The summed E-state index contributed by atoms with van der Waals surface area (Å²) in [6.07, 6.45) is 2.15. The minimum Gasteiger partial charge on any atom is -0.473 e. The fourth-order valence-electron chi connectivity index (χ4n) is 0.598. The molecule has 5 heteroatoms. The van der Waals surface area contributed by atoms with Crippen LogP contribution in [0.25, 0.3) is 0 Å². The van der Waals surface area contributed by atoms with Gasteiger partial charge < -0.3 is 9.84 Å². The van der Waals surface area contributed by atoms with Crippen molar-refractivity contribution in [2.24, 2.45) is 0 Å². The van der Waals surface area contributed by atoms with E-state index in [2.05, 4.69) is 4.74 Å². The van der Waals surface area contributed by atoms with Crippen molar-refractivity contribution in [2.45, 2.75) is 20.3 Å². The molecule has 0 spiro atoms. The van der Waals surface area contributed by atoms with Crippen LogP contribution in [0, 0.1) is 0 Å². The third kappa shape index (κ3) is 4.05. The highest BCUT2D eigenvalue weighted by Gasteiger charge is 2.18. The van der Waals surface area contributed by atoms with E-state index in [-0.39, 0.29) is 5.57 Å². The van der Waals surface area contributed by atoms with Gasteiger partial charge in [0.05, 0.1) is 0 Å². The quantitative estimate of drug-likeness (QED) is 0.294. The van der Waals surface area contributed by atoms with Crippen LogP contribution in [0.1, 0.15) is 20.3 Å². The van der Waals surface area contributed by atoms with Crippen molar-refractivity contribution >= 4 is 17.9 Å². The van der Waals surface area contributed by atoms with E-state index in [1.54, 1.807) is 6.92 Å². The van der Waals surface area contributed by atoms with E-state index < -0.39 is 17.9 Å². The molecule has 0 saturated heterocycles. The lowest BCUT2D eigenvalue weighted by molar-refractivity contribution is -0.169. The first-order valence-corrected chi connectivity index (χ1v) is 3.65. The molecule has 0 aliphatic rings. The second-order valence-corrected chi connectivity index (χ2v) is 2.28. The van der Waals surface area contributed by atoms with E-state index in [0.29, 0.717) is 6.42 Å². The molecule has 0 aliphatic heterocycles. The highest BCUT2D eigenvalue weighted by molar-refractivity contribution is 6.31. The van der Waals surface area contributed by atoms with Gasteiger partial charge >= 0.3 is 17.9 Å². The zero-order valence-corrected chi connectivity index (χ0v) is 7.36. The molecule has 0 rings (SSSR count). The second-order valence-electron chi connectivity index (χ2n) is 2.28. The smallest absolute Gasteiger partial charge is 0.425 e. The number of esters is 2. The molecule has 0 bridgehead atoms. The predicted octanol–water partition coefficient (Wildman–Crippen LogP) is 0.497. The van der Waals surface area contributed by atoms with Gasteiger partial charge in [-0.15, -0.1) is 0 Å². The summed E-state index contributed by atoms with van der Waals surface area (Å²) in [6, 6.07) is 0. The first kappa shape index (κ1) is 11.4. The van der Waals surface area contributed by atoms with Gasteiger partial charge in [-0.25, -0.2) is 14.4 Å². The summed E-state index contributed by atoms with van der Waals surface area (Å²) >= 11 is 0. The molecule has 0 fully saturated rings. The average Bonchev–Trinajstić information content (AvgIpc) is 2.04. The molecule has 0 aromatic heterocycles. The second kappa shape index (κ2) is 5.08. The number of rotatable bonds is 2. The average molecular weight is 186 g/mol. The summed E-state index contributed by atoms with van der Waals surface area (Å²) in [5, 5.41) is 8.10. The van der Waals surface area contributed by atoms with Crippen LogP contribution in [0.3, 0.4) is 0 Å². The maximum Gasteiger partial charge on any atom is 0.425 e. The SMILES string of the molecule is CCC=C(C)C(=O)OC(=O)C(=O)O. The van der Waals surface area contributed by atoms with Crippen molar-refractivity contribution in [3.63, 3.8) is 0 Å². The normalized spacial score (nSPS) is 10.8. The van der Waals surface area contributed by atoms with Crippen LogP contribution in [-0.4, -0.2) is 23.0 Å². The largest absolute Gasteiger partial charge is 0.473 e. The molecule has 0 unspecified atom stereocenters. The molecule has 0 aliphatic carbocycles. The number of ether oxygens (including phenoxy) is 1. The molecule has 0 saturated carbocycles. The monoisotopic (exact) mass is 186 g/mol. The number of hydrogen-bond donors (Lipinski definition) is 1. The number of carboxylic acid groups (broad SMARTS) is 1. The number of carbonyl (C=O) groups is 3. The number of hydrogen-bond acceptors (Lipinski definition) is 4. The molecular formula is C8H10O5. The van der Waals surface area contributed by atoms with E-state index in [1.165, 1.54) is 13.0 Å². The summed E-state index contributed by atoms with van der Waals surface area (Å²) in [4.78, 5) is 31.2. The molecule has 0 aromatic rings. The fraction of sp³-hybridized carbons (Fsp3) is 0.375. The fourth-order valence-corrected chi connectivity index (χ4v) is 0.598. The zero-order valence-electron chi connectivity index (χ0n) is 7.36. The van der Waals surface area contributed by atoms with Crippen molar-refractivity contribution in [1.29, 1.82) is 0 Å². The van der Waals surface area contributed by atoms with Gasteiger partial charge in [-0.3, -0.25) is 0 Å². The topological polar surface area (TPSA) is 80.7 Å². The molecule has 72 valence electrons. The van der Waals surface area contributed by atoms with Crippen molar-refractivity contribution in [3.8, 4) is 0 Å². The number of carboxylic acids is 1. The van der Waals surface area contributed by atoms with Gasteiger partial charge in [0, 0.05) is 5.57 Å². The van der Waals surface area contributed by atoms with E-state index in [9.17, 15) is 14.4 Å². The van der Waals surface area contributed by atoms with Crippen molar-refractivity contribution in [1.82, 2.24) is 0 Å². The van der Waals surface area contributed by atoms with Gasteiger partial charge in [0.15, 0.2) is 0 Å². The first-order valence-electron chi connectivity index (χ1n) is 3.65. The van der Waals surface area contributed by atoms with Crippen LogP contribution < -0.4 is 0 Å². The van der Waals surface area contributed by atoms with Crippen LogP contribution in [0.15, 0.2) is 11.6 Å². The highest BCUT2D eigenvalue weighted by Crippen LogP contribution is 1.98. The lowest BCUT2D eigenvalue weighted by atomic mass is 10.2. The molecular weight excluding hydrogens is 176 g/mol. The standard InChI is InChI=1S/C8H10O5/c1-3-4-5(2)7(11)13-8(12)6(9)10/h4H,3H2,1-2H3,(H,9,10).